The molecule has 2 aromatic rings. The Labute approximate surface area is 107 Å². The first kappa shape index (κ1) is 12.4. The van der Waals surface area contributed by atoms with E-state index >= 15 is 0 Å². The fourth-order valence-electron chi connectivity index (χ4n) is 1.81. The Bertz CT molecular complexity index is 500. The van der Waals surface area contributed by atoms with Crippen LogP contribution in [0.1, 0.15) is 23.0 Å². The summed E-state index contributed by atoms with van der Waals surface area (Å²) in [7, 11) is 1.90. The summed E-state index contributed by atoms with van der Waals surface area (Å²) in [4.78, 5) is 13.8. The van der Waals surface area contributed by atoms with Crippen LogP contribution in [0.4, 0.5) is 5.69 Å². The number of benzene rings is 1. The number of hydrogen-bond acceptors (Lipinski definition) is 3. The Kier molecular flexibility index (Phi) is 3.82. The molecular weight excluding hydrogens is 226 g/mol. The van der Waals surface area contributed by atoms with Crippen LogP contribution < -0.4 is 4.90 Å². The Morgan fingerprint density at radius 1 is 1.22 bits per heavy atom. The van der Waals surface area contributed by atoms with Gasteiger partial charge in [0.15, 0.2) is 5.76 Å². The molecule has 0 aliphatic rings. The molecule has 0 aliphatic heterocycles. The van der Waals surface area contributed by atoms with Crippen LogP contribution in [-0.2, 0) is 6.42 Å². The van der Waals surface area contributed by atoms with Gasteiger partial charge in [0.25, 0.3) is 0 Å². The standard InChI is InChI=1S/C15H17NO2/c1-3-12-6-8-13(9-7-12)16(2)11-14(17)15-5-4-10-18-15/h4-10H,3,11H2,1-2H3. The second-order valence-electron chi connectivity index (χ2n) is 4.28. The predicted molar refractivity (Wildman–Crippen MR) is 72.1 cm³/mol. The quantitative estimate of drug-likeness (QED) is 0.756. The van der Waals surface area contributed by atoms with E-state index in [1.807, 2.05) is 24.1 Å². The highest BCUT2D eigenvalue weighted by atomic mass is 16.3. The molecule has 1 aromatic heterocycles. The molecule has 3 heteroatoms. The van der Waals surface area contributed by atoms with E-state index in [2.05, 4.69) is 19.1 Å². The highest BCUT2D eigenvalue weighted by molar-refractivity contribution is 5.96. The Morgan fingerprint density at radius 3 is 2.50 bits per heavy atom. The maximum atomic E-state index is 11.9. The molecule has 0 saturated heterocycles. The highest BCUT2D eigenvalue weighted by Crippen LogP contribution is 2.15. The van der Waals surface area contributed by atoms with Gasteiger partial charge in [-0.25, -0.2) is 0 Å². The number of aryl methyl sites for hydroxylation is 1. The topological polar surface area (TPSA) is 33.5 Å². The fraction of sp³-hybridized carbons (Fsp3) is 0.267. The first-order valence-electron chi connectivity index (χ1n) is 6.07. The van der Waals surface area contributed by atoms with Crippen molar-refractivity contribution in [3.63, 3.8) is 0 Å². The largest absolute Gasteiger partial charge is 0.461 e. The third-order valence-electron chi connectivity index (χ3n) is 2.96. The molecule has 0 unspecified atom stereocenters. The molecule has 1 heterocycles. The first-order valence-corrected chi connectivity index (χ1v) is 6.07. The van der Waals surface area contributed by atoms with Crippen molar-refractivity contribution in [2.45, 2.75) is 13.3 Å². The lowest BCUT2D eigenvalue weighted by atomic mass is 10.1. The molecule has 0 radical (unpaired) electrons. The predicted octanol–water partition coefficient (Wildman–Crippen LogP) is 3.16. The average molecular weight is 243 g/mol. The molecule has 0 bridgehead atoms. The molecule has 0 fully saturated rings. The van der Waals surface area contributed by atoms with Gasteiger partial charge >= 0.3 is 0 Å². The van der Waals surface area contributed by atoms with E-state index in [0.717, 1.165) is 12.1 Å². The number of carbonyl (C=O) groups is 1. The summed E-state index contributed by atoms with van der Waals surface area (Å²) < 4.78 is 5.09. The lowest BCUT2D eigenvalue weighted by Gasteiger charge is -2.18. The second kappa shape index (κ2) is 5.54. The summed E-state index contributed by atoms with van der Waals surface area (Å²) >= 11 is 0. The van der Waals surface area contributed by atoms with Gasteiger partial charge in [0.1, 0.15) is 0 Å². The molecule has 1 aromatic carbocycles. The van der Waals surface area contributed by atoms with E-state index in [4.69, 9.17) is 4.42 Å². The van der Waals surface area contributed by atoms with Crippen molar-refractivity contribution >= 4 is 11.5 Å². The molecule has 0 atom stereocenters. The molecule has 3 nitrogen and oxygen atoms in total. The minimum Gasteiger partial charge on any atom is -0.461 e. The molecular formula is C15H17NO2. The van der Waals surface area contributed by atoms with Crippen LogP contribution in [0.15, 0.2) is 47.1 Å². The van der Waals surface area contributed by atoms with Gasteiger partial charge in [0.2, 0.25) is 5.78 Å². The average Bonchev–Trinajstić information content (AvgIpc) is 2.92. The van der Waals surface area contributed by atoms with Crippen molar-refractivity contribution < 1.29 is 9.21 Å². The molecule has 18 heavy (non-hydrogen) atoms. The molecule has 0 amide bonds. The van der Waals surface area contributed by atoms with Gasteiger partial charge in [-0.15, -0.1) is 0 Å². The van der Waals surface area contributed by atoms with E-state index in [-0.39, 0.29) is 5.78 Å². The lowest BCUT2D eigenvalue weighted by molar-refractivity contribution is 0.0974. The third kappa shape index (κ3) is 2.80. The Morgan fingerprint density at radius 2 is 1.94 bits per heavy atom. The number of Topliss-reactive ketones (excluding diaryl/α,β-unsaturated/α-hetero) is 1. The molecule has 94 valence electrons. The number of ketones is 1. The zero-order valence-corrected chi connectivity index (χ0v) is 10.7. The normalized spacial score (nSPS) is 10.3. The summed E-state index contributed by atoms with van der Waals surface area (Å²) in [6.07, 6.45) is 2.54. The summed E-state index contributed by atoms with van der Waals surface area (Å²) in [5.74, 6) is 0.397. The van der Waals surface area contributed by atoms with Crippen molar-refractivity contribution in [3.05, 3.63) is 54.0 Å². The van der Waals surface area contributed by atoms with Crippen molar-refractivity contribution in [1.82, 2.24) is 0 Å². The SMILES string of the molecule is CCc1ccc(N(C)CC(=O)c2ccco2)cc1. The van der Waals surface area contributed by atoms with Crippen LogP contribution in [0.3, 0.4) is 0 Å². The minimum atomic E-state index is -0.0120. The van der Waals surface area contributed by atoms with Crippen molar-refractivity contribution in [1.29, 1.82) is 0 Å². The van der Waals surface area contributed by atoms with Crippen LogP contribution >= 0.6 is 0 Å². The lowest BCUT2D eigenvalue weighted by Crippen LogP contribution is -2.25. The van der Waals surface area contributed by atoms with Gasteiger partial charge < -0.3 is 9.32 Å². The maximum absolute atomic E-state index is 11.9. The van der Waals surface area contributed by atoms with Gasteiger partial charge in [-0.2, -0.15) is 0 Å². The molecule has 0 N–H and O–H groups in total. The number of furan rings is 1. The van der Waals surface area contributed by atoms with Gasteiger partial charge in [-0.05, 0) is 36.2 Å². The minimum absolute atomic E-state index is 0.0120. The zero-order chi connectivity index (χ0) is 13.0. The van der Waals surface area contributed by atoms with Gasteiger partial charge in [-0.1, -0.05) is 19.1 Å². The number of rotatable bonds is 5. The van der Waals surface area contributed by atoms with Crippen LogP contribution in [0, 0.1) is 0 Å². The fourth-order valence-corrected chi connectivity index (χ4v) is 1.81. The summed E-state index contributed by atoms with van der Waals surface area (Å²) in [6.45, 7) is 2.44. The van der Waals surface area contributed by atoms with Crippen LogP contribution in [0.25, 0.3) is 0 Å². The molecule has 0 aliphatic carbocycles. The van der Waals surface area contributed by atoms with Crippen LogP contribution in [0.2, 0.25) is 0 Å². The summed E-state index contributed by atoms with van der Waals surface area (Å²) in [5.41, 5.74) is 2.33. The monoisotopic (exact) mass is 243 g/mol. The molecule has 0 spiro atoms. The van der Waals surface area contributed by atoms with Gasteiger partial charge in [-0.3, -0.25) is 4.79 Å². The van der Waals surface area contributed by atoms with Crippen LogP contribution in [-0.4, -0.2) is 19.4 Å². The number of hydrogen-bond donors (Lipinski definition) is 0. The van der Waals surface area contributed by atoms with Gasteiger partial charge in [0.05, 0.1) is 12.8 Å². The maximum Gasteiger partial charge on any atom is 0.217 e. The van der Waals surface area contributed by atoms with Crippen molar-refractivity contribution in [2.24, 2.45) is 0 Å². The van der Waals surface area contributed by atoms with Crippen molar-refractivity contribution in [2.75, 3.05) is 18.5 Å². The van der Waals surface area contributed by atoms with Crippen LogP contribution in [0.5, 0.6) is 0 Å². The molecule has 2 rings (SSSR count). The number of likely N-dealkylation sites (N-methyl/N-ethyl adjacent to an activating group) is 1. The van der Waals surface area contributed by atoms with E-state index in [1.165, 1.54) is 11.8 Å². The number of carbonyl (C=O) groups excluding carboxylic acids is 1. The molecule has 0 saturated carbocycles. The zero-order valence-electron chi connectivity index (χ0n) is 10.7. The van der Waals surface area contributed by atoms with Crippen molar-refractivity contribution in [3.8, 4) is 0 Å². The number of nitrogens with zero attached hydrogens (tertiary/aromatic N) is 1. The summed E-state index contributed by atoms with van der Waals surface area (Å²) in [5, 5.41) is 0. The summed E-state index contributed by atoms with van der Waals surface area (Å²) in [6, 6.07) is 11.7. The number of anilines is 1. The first-order chi connectivity index (χ1) is 8.70. The Balaban J connectivity index is 2.02. The Hall–Kier alpha value is -2.03. The second-order valence-corrected chi connectivity index (χ2v) is 4.28. The van der Waals surface area contributed by atoms with Gasteiger partial charge in [0, 0.05) is 12.7 Å². The highest BCUT2D eigenvalue weighted by Gasteiger charge is 2.12. The third-order valence-corrected chi connectivity index (χ3v) is 2.96. The van der Waals surface area contributed by atoms with E-state index in [0.29, 0.717) is 12.3 Å². The van der Waals surface area contributed by atoms with E-state index in [1.54, 1.807) is 12.1 Å². The smallest absolute Gasteiger partial charge is 0.217 e. The van der Waals surface area contributed by atoms with E-state index in [9.17, 15) is 4.79 Å². The van der Waals surface area contributed by atoms with E-state index < -0.39 is 0 Å².